The van der Waals surface area contributed by atoms with Gasteiger partial charge in [-0.05, 0) is 30.5 Å². The fraction of sp³-hybridized carbons (Fsp3) is 0.500. The lowest BCUT2D eigenvalue weighted by molar-refractivity contribution is 0.459. The Morgan fingerprint density at radius 2 is 2.06 bits per heavy atom. The average molecular weight is 257 g/mol. The van der Waals surface area contributed by atoms with Gasteiger partial charge in [0.1, 0.15) is 11.6 Å². The van der Waals surface area contributed by atoms with Crippen molar-refractivity contribution in [2.45, 2.75) is 25.4 Å². The van der Waals surface area contributed by atoms with Crippen LogP contribution >= 0.6 is 0 Å². The number of phenols is 1. The van der Waals surface area contributed by atoms with Crippen molar-refractivity contribution in [3.8, 4) is 5.75 Å². The number of halogens is 1. The van der Waals surface area contributed by atoms with E-state index < -0.39 is 16.6 Å². The van der Waals surface area contributed by atoms with Crippen molar-refractivity contribution in [1.82, 2.24) is 5.32 Å². The first-order valence-corrected chi connectivity index (χ1v) is 7.19. The van der Waals surface area contributed by atoms with Gasteiger partial charge in [-0.2, -0.15) is 0 Å². The summed E-state index contributed by atoms with van der Waals surface area (Å²) in [5.74, 6) is 1.01. The van der Waals surface area contributed by atoms with Crippen molar-refractivity contribution in [2.24, 2.45) is 0 Å². The quantitative estimate of drug-likeness (QED) is 0.863. The van der Waals surface area contributed by atoms with Crippen LogP contribution in [0.1, 0.15) is 18.4 Å². The summed E-state index contributed by atoms with van der Waals surface area (Å²) in [5, 5.41) is 12.6. The van der Waals surface area contributed by atoms with Crippen LogP contribution in [0.2, 0.25) is 0 Å². The Bertz CT molecular complexity index is 395. The maximum absolute atomic E-state index is 13.0. The summed E-state index contributed by atoms with van der Waals surface area (Å²) < 4.78 is 24.2. The zero-order chi connectivity index (χ0) is 12.3. The van der Waals surface area contributed by atoms with E-state index in [1.54, 1.807) is 6.07 Å². The van der Waals surface area contributed by atoms with Crippen LogP contribution in [-0.2, 0) is 17.3 Å². The molecule has 17 heavy (non-hydrogen) atoms. The molecule has 5 heteroatoms. The standard InChI is InChI=1S/C12H16FNO2S/c13-10-5-9(6-12(15)7-10)8-14-11-1-3-17(16)4-2-11/h5-7,11,14-15H,1-4,8H2. The molecule has 1 aromatic rings. The second-order valence-corrected chi connectivity index (χ2v) is 6.02. The third kappa shape index (κ3) is 3.78. The molecule has 0 radical (unpaired) electrons. The van der Waals surface area contributed by atoms with Gasteiger partial charge in [0.05, 0.1) is 0 Å². The summed E-state index contributed by atoms with van der Waals surface area (Å²) in [7, 11) is -0.656. The predicted octanol–water partition coefficient (Wildman–Crippen LogP) is 1.53. The van der Waals surface area contributed by atoms with Gasteiger partial charge in [0, 0.05) is 41.0 Å². The van der Waals surface area contributed by atoms with Gasteiger partial charge in [-0.25, -0.2) is 4.39 Å². The molecule has 0 unspecified atom stereocenters. The number of benzene rings is 1. The summed E-state index contributed by atoms with van der Waals surface area (Å²) in [5.41, 5.74) is 0.731. The second kappa shape index (κ2) is 5.60. The molecular weight excluding hydrogens is 241 g/mol. The third-order valence-electron chi connectivity index (χ3n) is 2.93. The number of rotatable bonds is 3. The fourth-order valence-corrected chi connectivity index (χ4v) is 3.29. The van der Waals surface area contributed by atoms with E-state index in [0.29, 0.717) is 12.6 Å². The van der Waals surface area contributed by atoms with E-state index in [9.17, 15) is 13.7 Å². The molecule has 3 nitrogen and oxygen atoms in total. The molecule has 0 atom stereocenters. The Morgan fingerprint density at radius 3 is 2.71 bits per heavy atom. The van der Waals surface area contributed by atoms with Crippen molar-refractivity contribution < 1.29 is 13.7 Å². The molecule has 0 amide bonds. The lowest BCUT2D eigenvalue weighted by Crippen LogP contribution is -2.35. The summed E-state index contributed by atoms with van der Waals surface area (Å²) in [6, 6.07) is 4.40. The van der Waals surface area contributed by atoms with Gasteiger partial charge in [-0.1, -0.05) is 0 Å². The Balaban J connectivity index is 1.87. The molecule has 1 fully saturated rings. The molecule has 2 N–H and O–H groups in total. The highest BCUT2D eigenvalue weighted by Gasteiger charge is 2.17. The minimum Gasteiger partial charge on any atom is -0.508 e. The Kier molecular flexibility index (Phi) is 4.12. The topological polar surface area (TPSA) is 49.3 Å². The first-order chi connectivity index (χ1) is 8.13. The van der Waals surface area contributed by atoms with Crippen molar-refractivity contribution in [1.29, 1.82) is 0 Å². The van der Waals surface area contributed by atoms with Crippen molar-refractivity contribution in [2.75, 3.05) is 11.5 Å². The third-order valence-corrected chi connectivity index (χ3v) is 4.31. The van der Waals surface area contributed by atoms with Crippen LogP contribution in [0.5, 0.6) is 5.75 Å². The van der Waals surface area contributed by atoms with Crippen LogP contribution in [-0.4, -0.2) is 26.9 Å². The van der Waals surface area contributed by atoms with E-state index in [0.717, 1.165) is 36.0 Å². The molecule has 1 aliphatic rings. The van der Waals surface area contributed by atoms with Gasteiger partial charge in [0.2, 0.25) is 0 Å². The largest absolute Gasteiger partial charge is 0.508 e. The van der Waals surface area contributed by atoms with Crippen LogP contribution in [0.4, 0.5) is 4.39 Å². The average Bonchev–Trinajstić information content (AvgIpc) is 2.27. The Morgan fingerprint density at radius 1 is 1.35 bits per heavy atom. The smallest absolute Gasteiger partial charge is 0.127 e. The highest BCUT2D eigenvalue weighted by atomic mass is 32.2. The zero-order valence-corrected chi connectivity index (χ0v) is 10.3. The van der Waals surface area contributed by atoms with Crippen LogP contribution in [0.25, 0.3) is 0 Å². The van der Waals surface area contributed by atoms with E-state index in [1.165, 1.54) is 6.07 Å². The molecular formula is C12H16FNO2S. The van der Waals surface area contributed by atoms with Crippen LogP contribution in [0.15, 0.2) is 18.2 Å². The summed E-state index contributed by atoms with van der Waals surface area (Å²) in [6.45, 7) is 0.530. The maximum atomic E-state index is 13.0. The molecule has 1 heterocycles. The summed E-state index contributed by atoms with van der Waals surface area (Å²) in [6.07, 6.45) is 1.79. The minimum absolute atomic E-state index is 0.0495. The molecule has 0 aliphatic carbocycles. The number of hydrogen-bond acceptors (Lipinski definition) is 3. The van der Waals surface area contributed by atoms with Gasteiger partial charge < -0.3 is 10.4 Å². The number of hydrogen-bond donors (Lipinski definition) is 2. The van der Waals surface area contributed by atoms with E-state index >= 15 is 0 Å². The minimum atomic E-state index is -0.656. The van der Waals surface area contributed by atoms with E-state index in [2.05, 4.69) is 5.32 Å². The van der Waals surface area contributed by atoms with Crippen LogP contribution < -0.4 is 5.32 Å². The second-order valence-electron chi connectivity index (χ2n) is 4.32. The molecule has 94 valence electrons. The zero-order valence-electron chi connectivity index (χ0n) is 9.49. The lowest BCUT2D eigenvalue weighted by atomic mass is 10.1. The molecule has 1 aliphatic heterocycles. The molecule has 1 aromatic carbocycles. The van der Waals surface area contributed by atoms with Crippen molar-refractivity contribution in [3.05, 3.63) is 29.6 Å². The van der Waals surface area contributed by atoms with Gasteiger partial charge in [-0.3, -0.25) is 4.21 Å². The lowest BCUT2D eigenvalue weighted by Gasteiger charge is -2.22. The normalized spacial score (nSPS) is 24.8. The van der Waals surface area contributed by atoms with E-state index in [1.807, 2.05) is 0 Å². The van der Waals surface area contributed by atoms with Crippen LogP contribution in [0, 0.1) is 5.82 Å². The van der Waals surface area contributed by atoms with Gasteiger partial charge in [0.25, 0.3) is 0 Å². The van der Waals surface area contributed by atoms with Gasteiger partial charge >= 0.3 is 0 Å². The van der Waals surface area contributed by atoms with Gasteiger partial charge in [0.15, 0.2) is 0 Å². The van der Waals surface area contributed by atoms with Gasteiger partial charge in [-0.15, -0.1) is 0 Å². The number of nitrogens with one attached hydrogen (secondary N) is 1. The molecule has 0 spiro atoms. The molecule has 0 aromatic heterocycles. The van der Waals surface area contributed by atoms with Crippen LogP contribution in [0.3, 0.4) is 0 Å². The number of aromatic hydroxyl groups is 1. The highest BCUT2D eigenvalue weighted by molar-refractivity contribution is 7.85. The van der Waals surface area contributed by atoms with E-state index in [-0.39, 0.29) is 5.75 Å². The van der Waals surface area contributed by atoms with Crippen molar-refractivity contribution in [3.63, 3.8) is 0 Å². The maximum Gasteiger partial charge on any atom is 0.127 e. The van der Waals surface area contributed by atoms with Crippen molar-refractivity contribution >= 4 is 10.8 Å². The highest BCUT2D eigenvalue weighted by Crippen LogP contribution is 2.15. The summed E-state index contributed by atoms with van der Waals surface area (Å²) in [4.78, 5) is 0. The number of phenolic OH excluding ortho intramolecular Hbond substituents is 1. The summed E-state index contributed by atoms with van der Waals surface area (Å²) >= 11 is 0. The molecule has 1 saturated heterocycles. The Labute approximate surface area is 102 Å². The SMILES string of the molecule is O=S1CCC(NCc2cc(O)cc(F)c2)CC1. The molecule has 2 rings (SSSR count). The first-order valence-electron chi connectivity index (χ1n) is 5.70. The molecule has 0 saturated carbocycles. The predicted molar refractivity (Wildman–Crippen MR) is 65.8 cm³/mol. The Hall–Kier alpha value is -0.940. The molecule has 0 bridgehead atoms. The monoisotopic (exact) mass is 257 g/mol. The van der Waals surface area contributed by atoms with E-state index in [4.69, 9.17) is 0 Å². The first kappa shape index (κ1) is 12.5. The fourth-order valence-electron chi connectivity index (χ4n) is 2.00.